The molecule has 0 aromatic rings. The van der Waals surface area contributed by atoms with Gasteiger partial charge < -0.3 is 10.0 Å². The van der Waals surface area contributed by atoms with Crippen molar-refractivity contribution < 1.29 is 9.90 Å². The van der Waals surface area contributed by atoms with E-state index in [1.165, 1.54) is 38.5 Å². The third-order valence-electron chi connectivity index (χ3n) is 5.73. The molecule has 114 valence electrons. The van der Waals surface area contributed by atoms with Crippen LogP contribution >= 0.6 is 0 Å². The van der Waals surface area contributed by atoms with Crippen molar-refractivity contribution in [1.29, 1.82) is 0 Å². The molecule has 4 unspecified atom stereocenters. The van der Waals surface area contributed by atoms with Gasteiger partial charge in [0.25, 0.3) is 0 Å². The molecule has 1 N–H and O–H groups in total. The summed E-state index contributed by atoms with van der Waals surface area (Å²) in [6.07, 6.45) is 9.53. The van der Waals surface area contributed by atoms with Crippen LogP contribution < -0.4 is 0 Å². The van der Waals surface area contributed by atoms with Gasteiger partial charge >= 0.3 is 5.97 Å². The van der Waals surface area contributed by atoms with Crippen LogP contribution in [0.3, 0.4) is 0 Å². The average Bonchev–Trinajstić information content (AvgIpc) is 2.46. The first kappa shape index (κ1) is 14.3. The number of nitrogens with zero attached hydrogens (tertiary/aromatic N) is 2. The Morgan fingerprint density at radius 2 is 1.85 bits per heavy atom. The molecular weight excluding hydrogens is 252 g/mol. The molecule has 1 aliphatic carbocycles. The lowest BCUT2D eigenvalue weighted by Crippen LogP contribution is -2.61. The third kappa shape index (κ3) is 2.73. The molecule has 0 amide bonds. The maximum Gasteiger partial charge on any atom is 0.320 e. The largest absolute Gasteiger partial charge is 0.480 e. The van der Waals surface area contributed by atoms with Crippen molar-refractivity contribution in [2.45, 2.75) is 69.5 Å². The summed E-state index contributed by atoms with van der Waals surface area (Å²) in [5, 5.41) is 9.64. The highest BCUT2D eigenvalue weighted by molar-refractivity contribution is 5.73. The molecule has 4 atom stereocenters. The SMILES string of the molecule is CN1CCCC(N2C(C(=O)O)CCC3CCCCC32)C1. The quantitative estimate of drug-likeness (QED) is 0.842. The number of fused-ring (bicyclic) bond motifs is 1. The van der Waals surface area contributed by atoms with E-state index in [4.69, 9.17) is 0 Å². The molecular formula is C16H28N2O2. The maximum atomic E-state index is 11.7. The predicted octanol–water partition coefficient (Wildman–Crippen LogP) is 2.19. The number of likely N-dealkylation sites (tertiary alicyclic amines) is 2. The molecule has 1 saturated carbocycles. The molecule has 3 aliphatic rings. The predicted molar refractivity (Wildman–Crippen MR) is 78.8 cm³/mol. The van der Waals surface area contributed by atoms with Gasteiger partial charge in [0, 0.05) is 18.6 Å². The summed E-state index contributed by atoms with van der Waals surface area (Å²) in [5.41, 5.74) is 0. The molecule has 20 heavy (non-hydrogen) atoms. The van der Waals surface area contributed by atoms with Gasteiger partial charge in [0.2, 0.25) is 0 Å². The van der Waals surface area contributed by atoms with Crippen LogP contribution in [0.25, 0.3) is 0 Å². The van der Waals surface area contributed by atoms with E-state index in [0.29, 0.717) is 12.1 Å². The van der Waals surface area contributed by atoms with E-state index in [1.54, 1.807) is 0 Å². The van der Waals surface area contributed by atoms with Gasteiger partial charge in [-0.15, -0.1) is 0 Å². The fourth-order valence-electron chi connectivity index (χ4n) is 4.83. The zero-order valence-electron chi connectivity index (χ0n) is 12.6. The lowest BCUT2D eigenvalue weighted by Gasteiger charge is -2.52. The Morgan fingerprint density at radius 3 is 2.60 bits per heavy atom. The van der Waals surface area contributed by atoms with Gasteiger partial charge in [-0.05, 0) is 58.0 Å². The molecule has 3 rings (SSSR count). The Labute approximate surface area is 122 Å². The molecule has 4 heteroatoms. The minimum absolute atomic E-state index is 0.231. The number of carboxylic acid groups (broad SMARTS) is 1. The van der Waals surface area contributed by atoms with Gasteiger partial charge in [0.05, 0.1) is 0 Å². The molecule has 0 bridgehead atoms. The number of carbonyl (C=O) groups is 1. The third-order valence-corrected chi connectivity index (χ3v) is 5.73. The topological polar surface area (TPSA) is 43.8 Å². The summed E-state index contributed by atoms with van der Waals surface area (Å²) >= 11 is 0. The fourth-order valence-corrected chi connectivity index (χ4v) is 4.83. The smallest absolute Gasteiger partial charge is 0.320 e. The first-order valence-corrected chi connectivity index (χ1v) is 8.35. The Morgan fingerprint density at radius 1 is 1.05 bits per heavy atom. The van der Waals surface area contributed by atoms with Crippen molar-refractivity contribution in [1.82, 2.24) is 9.80 Å². The lowest BCUT2D eigenvalue weighted by molar-refractivity contribution is -0.151. The molecule has 4 nitrogen and oxygen atoms in total. The summed E-state index contributed by atoms with van der Waals surface area (Å²) in [6, 6.07) is 0.765. The normalized spacial score (nSPS) is 40.2. The minimum Gasteiger partial charge on any atom is -0.480 e. The summed E-state index contributed by atoms with van der Waals surface area (Å²) in [6.45, 7) is 2.21. The van der Waals surface area contributed by atoms with Gasteiger partial charge in [-0.25, -0.2) is 0 Å². The second-order valence-corrected chi connectivity index (χ2v) is 7.05. The van der Waals surface area contributed by atoms with Crippen LogP contribution in [-0.2, 0) is 4.79 Å². The zero-order valence-corrected chi connectivity index (χ0v) is 12.6. The van der Waals surface area contributed by atoms with Crippen molar-refractivity contribution in [3.8, 4) is 0 Å². The van der Waals surface area contributed by atoms with Gasteiger partial charge in [-0.3, -0.25) is 9.69 Å². The van der Waals surface area contributed by atoms with Crippen molar-refractivity contribution >= 4 is 5.97 Å². The van der Waals surface area contributed by atoms with Crippen LogP contribution in [0.15, 0.2) is 0 Å². The monoisotopic (exact) mass is 280 g/mol. The maximum absolute atomic E-state index is 11.7. The zero-order chi connectivity index (χ0) is 14.1. The van der Waals surface area contributed by atoms with Crippen molar-refractivity contribution in [3.05, 3.63) is 0 Å². The fraction of sp³-hybridized carbons (Fsp3) is 0.938. The highest BCUT2D eigenvalue weighted by Crippen LogP contribution is 2.40. The highest BCUT2D eigenvalue weighted by Gasteiger charge is 2.44. The van der Waals surface area contributed by atoms with Crippen molar-refractivity contribution in [2.24, 2.45) is 5.92 Å². The second-order valence-electron chi connectivity index (χ2n) is 7.05. The van der Waals surface area contributed by atoms with E-state index in [9.17, 15) is 9.90 Å². The summed E-state index contributed by atoms with van der Waals surface area (Å²) in [7, 11) is 2.17. The van der Waals surface area contributed by atoms with E-state index in [0.717, 1.165) is 31.8 Å². The first-order chi connectivity index (χ1) is 9.66. The van der Waals surface area contributed by atoms with E-state index in [1.807, 2.05) is 0 Å². The van der Waals surface area contributed by atoms with Crippen LogP contribution in [0.2, 0.25) is 0 Å². The summed E-state index contributed by atoms with van der Waals surface area (Å²) < 4.78 is 0. The Hall–Kier alpha value is -0.610. The van der Waals surface area contributed by atoms with E-state index in [2.05, 4.69) is 16.8 Å². The number of hydrogen-bond acceptors (Lipinski definition) is 3. The average molecular weight is 280 g/mol. The number of piperidine rings is 2. The molecule has 0 spiro atoms. The van der Waals surface area contributed by atoms with Crippen LogP contribution in [0.1, 0.15) is 51.4 Å². The number of carboxylic acids is 1. The van der Waals surface area contributed by atoms with Gasteiger partial charge in [-0.1, -0.05) is 12.8 Å². The van der Waals surface area contributed by atoms with Crippen LogP contribution in [0.5, 0.6) is 0 Å². The van der Waals surface area contributed by atoms with Crippen LogP contribution in [0.4, 0.5) is 0 Å². The van der Waals surface area contributed by atoms with Crippen LogP contribution in [0, 0.1) is 5.92 Å². The van der Waals surface area contributed by atoms with Gasteiger partial charge in [-0.2, -0.15) is 0 Å². The molecule has 3 fully saturated rings. The number of likely N-dealkylation sites (N-methyl/N-ethyl adjacent to an activating group) is 1. The van der Waals surface area contributed by atoms with Gasteiger partial charge in [0.15, 0.2) is 0 Å². The molecule has 0 aromatic heterocycles. The number of rotatable bonds is 2. The lowest BCUT2D eigenvalue weighted by atomic mass is 9.75. The van der Waals surface area contributed by atoms with Crippen molar-refractivity contribution in [2.75, 3.05) is 20.1 Å². The Kier molecular flexibility index (Phi) is 4.32. The van der Waals surface area contributed by atoms with E-state index in [-0.39, 0.29) is 6.04 Å². The van der Waals surface area contributed by atoms with Crippen molar-refractivity contribution in [3.63, 3.8) is 0 Å². The molecule has 0 radical (unpaired) electrons. The van der Waals surface area contributed by atoms with E-state index < -0.39 is 5.97 Å². The number of hydrogen-bond donors (Lipinski definition) is 1. The Balaban J connectivity index is 1.81. The highest BCUT2D eigenvalue weighted by atomic mass is 16.4. The molecule has 0 aromatic carbocycles. The first-order valence-electron chi connectivity index (χ1n) is 8.35. The van der Waals surface area contributed by atoms with E-state index >= 15 is 0 Å². The Bertz CT molecular complexity index is 360. The molecule has 2 heterocycles. The standard InChI is InChI=1S/C16H28N2O2/c1-17-10-4-6-13(11-17)18-14-7-3-2-5-12(14)8-9-15(18)16(19)20/h12-15H,2-11H2,1H3,(H,19,20). The molecule has 2 saturated heterocycles. The van der Waals surface area contributed by atoms with Crippen LogP contribution in [-0.4, -0.2) is 59.1 Å². The second kappa shape index (κ2) is 6.02. The number of aliphatic carboxylic acids is 1. The summed E-state index contributed by atoms with van der Waals surface area (Å²) in [4.78, 5) is 16.5. The van der Waals surface area contributed by atoms with Gasteiger partial charge in [0.1, 0.15) is 6.04 Å². The minimum atomic E-state index is -0.595. The summed E-state index contributed by atoms with van der Waals surface area (Å²) in [5.74, 6) is 0.161. The molecule has 2 aliphatic heterocycles.